The number of nitrogens with zero attached hydrogens (tertiary/aromatic N) is 1. The molecule has 2 rings (SSSR count). The van der Waals surface area contributed by atoms with Gasteiger partial charge in [-0.2, -0.15) is 0 Å². The molecule has 0 radical (unpaired) electrons. The van der Waals surface area contributed by atoms with Gasteiger partial charge >= 0.3 is 0 Å². The zero-order chi connectivity index (χ0) is 13.1. The molecule has 96 valence electrons. The van der Waals surface area contributed by atoms with Crippen LogP contribution in [-0.2, 0) is 11.9 Å². The molecule has 0 fully saturated rings. The second-order valence-corrected chi connectivity index (χ2v) is 6.85. The lowest BCUT2D eigenvalue weighted by molar-refractivity contribution is 0.933. The van der Waals surface area contributed by atoms with Crippen LogP contribution in [0.3, 0.4) is 0 Å². The Labute approximate surface area is 133 Å². The fourth-order valence-corrected chi connectivity index (χ4v) is 4.14. The first kappa shape index (κ1) is 14.4. The van der Waals surface area contributed by atoms with Gasteiger partial charge < -0.3 is 4.90 Å². The van der Waals surface area contributed by atoms with Crippen molar-refractivity contribution in [2.24, 2.45) is 0 Å². The largest absolute Gasteiger partial charge is 0.368 e. The molecule has 2 aromatic rings. The minimum absolute atomic E-state index is 0.796. The highest BCUT2D eigenvalue weighted by Gasteiger charge is 2.12. The molecule has 5 heteroatoms. The summed E-state index contributed by atoms with van der Waals surface area (Å²) in [7, 11) is 2.07. The number of thiophene rings is 1. The summed E-state index contributed by atoms with van der Waals surface area (Å²) in [5.74, 6) is 0. The van der Waals surface area contributed by atoms with E-state index in [2.05, 4.69) is 61.3 Å². The van der Waals surface area contributed by atoms with E-state index in [9.17, 15) is 0 Å². The number of hydrogen-bond acceptors (Lipinski definition) is 2. The van der Waals surface area contributed by atoms with Crippen molar-refractivity contribution in [3.05, 3.63) is 49.6 Å². The summed E-state index contributed by atoms with van der Waals surface area (Å²) in [5.41, 5.74) is 2.31. The molecule has 0 amide bonds. The lowest BCUT2D eigenvalue weighted by Crippen LogP contribution is -2.17. The second-order valence-electron chi connectivity index (χ2n) is 3.97. The van der Waals surface area contributed by atoms with Crippen LogP contribution < -0.4 is 4.90 Å². The summed E-state index contributed by atoms with van der Waals surface area (Å²) in [6, 6.07) is 8.16. The highest BCUT2D eigenvalue weighted by molar-refractivity contribution is 9.10. The van der Waals surface area contributed by atoms with E-state index >= 15 is 0 Å². The molecule has 0 aliphatic carbocycles. The van der Waals surface area contributed by atoms with Crippen molar-refractivity contribution in [2.75, 3.05) is 11.9 Å². The molecule has 0 aliphatic rings. The van der Waals surface area contributed by atoms with Gasteiger partial charge in [-0.1, -0.05) is 39.7 Å². The number of hydrogen-bond donors (Lipinski definition) is 0. The highest BCUT2D eigenvalue weighted by Crippen LogP contribution is 2.32. The lowest BCUT2D eigenvalue weighted by Gasteiger charge is -2.22. The summed E-state index contributed by atoms with van der Waals surface area (Å²) < 4.78 is 1.13. The number of anilines is 1. The van der Waals surface area contributed by atoms with Gasteiger partial charge in [-0.15, -0.1) is 11.3 Å². The molecule has 0 spiro atoms. The zero-order valence-corrected chi connectivity index (χ0v) is 14.5. The predicted molar refractivity (Wildman–Crippen MR) is 88.2 cm³/mol. The molecule has 1 heterocycles. The number of alkyl halides is 1. The maximum atomic E-state index is 6.31. The zero-order valence-electron chi connectivity index (χ0n) is 9.79. The molecule has 18 heavy (non-hydrogen) atoms. The van der Waals surface area contributed by atoms with E-state index in [1.165, 1.54) is 10.4 Å². The molecule has 1 nitrogen and oxygen atoms in total. The van der Waals surface area contributed by atoms with Crippen LogP contribution in [0.4, 0.5) is 5.69 Å². The lowest BCUT2D eigenvalue weighted by atomic mass is 10.2. The minimum atomic E-state index is 0.796. The number of rotatable bonds is 4. The first-order chi connectivity index (χ1) is 8.61. The first-order valence-corrected chi connectivity index (χ1v) is 8.56. The van der Waals surface area contributed by atoms with E-state index < -0.39 is 0 Å². The molecular weight excluding hydrogens is 397 g/mol. The Morgan fingerprint density at radius 3 is 2.78 bits per heavy atom. The molecule has 0 bridgehead atoms. The van der Waals surface area contributed by atoms with E-state index in [1.807, 2.05) is 12.1 Å². The Bertz CT molecular complexity index is 542. The SMILES string of the molecule is CN(Cc1cc(Br)cs1)c1c(Cl)cccc1CBr. The summed E-state index contributed by atoms with van der Waals surface area (Å²) in [6.07, 6.45) is 0. The molecular formula is C13H12Br2ClNS. The first-order valence-electron chi connectivity index (χ1n) is 5.39. The van der Waals surface area contributed by atoms with Gasteiger partial charge in [-0.25, -0.2) is 0 Å². The van der Waals surface area contributed by atoms with Crippen molar-refractivity contribution in [2.45, 2.75) is 11.9 Å². The van der Waals surface area contributed by atoms with Crippen LogP contribution in [0, 0.1) is 0 Å². The van der Waals surface area contributed by atoms with E-state index in [-0.39, 0.29) is 0 Å². The van der Waals surface area contributed by atoms with Crippen LogP contribution in [0.15, 0.2) is 34.1 Å². The average Bonchev–Trinajstić information content (AvgIpc) is 2.74. The van der Waals surface area contributed by atoms with E-state index in [4.69, 9.17) is 11.6 Å². The normalized spacial score (nSPS) is 10.7. The Kier molecular flexibility index (Phi) is 5.13. The summed E-state index contributed by atoms with van der Waals surface area (Å²) in [6.45, 7) is 0.861. The van der Waals surface area contributed by atoms with Gasteiger partial charge in [0, 0.05) is 27.1 Å². The minimum Gasteiger partial charge on any atom is -0.368 e. The van der Waals surface area contributed by atoms with E-state index in [1.54, 1.807) is 11.3 Å². The molecule has 0 atom stereocenters. The molecule has 1 aromatic heterocycles. The van der Waals surface area contributed by atoms with Crippen molar-refractivity contribution >= 4 is 60.5 Å². The van der Waals surface area contributed by atoms with Gasteiger partial charge in [0.1, 0.15) is 0 Å². The fraction of sp³-hybridized carbons (Fsp3) is 0.231. The molecule has 0 saturated carbocycles. The summed E-state index contributed by atoms with van der Waals surface area (Å²) >= 11 is 15.0. The molecule has 1 aromatic carbocycles. The van der Waals surface area contributed by atoms with Crippen molar-refractivity contribution in [1.82, 2.24) is 0 Å². The maximum absolute atomic E-state index is 6.31. The topological polar surface area (TPSA) is 3.24 Å². The quantitative estimate of drug-likeness (QED) is 0.586. The standard InChI is InChI=1S/C13H12Br2ClNS/c1-17(7-11-5-10(15)8-18-11)13-9(6-14)3-2-4-12(13)16/h2-5,8H,6-7H2,1H3. The Morgan fingerprint density at radius 1 is 1.39 bits per heavy atom. The number of benzene rings is 1. The smallest absolute Gasteiger partial charge is 0.0642 e. The van der Waals surface area contributed by atoms with E-state index in [0.29, 0.717) is 0 Å². The third-order valence-electron chi connectivity index (χ3n) is 2.61. The van der Waals surface area contributed by atoms with Crippen molar-refractivity contribution in [3.8, 4) is 0 Å². The molecule has 0 aliphatic heterocycles. The van der Waals surface area contributed by atoms with Crippen molar-refractivity contribution < 1.29 is 0 Å². The van der Waals surface area contributed by atoms with Gasteiger partial charge in [-0.05, 0) is 33.6 Å². The predicted octanol–water partition coefficient (Wildman–Crippen LogP) is 5.70. The average molecular weight is 410 g/mol. The van der Waals surface area contributed by atoms with Gasteiger partial charge in [0.2, 0.25) is 0 Å². The fourth-order valence-electron chi connectivity index (χ4n) is 1.84. The van der Waals surface area contributed by atoms with Crippen molar-refractivity contribution in [1.29, 1.82) is 0 Å². The molecule has 0 unspecified atom stereocenters. The number of para-hydroxylation sites is 1. The Hall–Kier alpha value is -0.0300. The van der Waals surface area contributed by atoms with E-state index in [0.717, 1.165) is 27.1 Å². The summed E-state index contributed by atoms with van der Waals surface area (Å²) in [4.78, 5) is 3.50. The third kappa shape index (κ3) is 3.29. The maximum Gasteiger partial charge on any atom is 0.0642 e. The Morgan fingerprint density at radius 2 is 2.17 bits per heavy atom. The van der Waals surface area contributed by atoms with Crippen LogP contribution in [-0.4, -0.2) is 7.05 Å². The van der Waals surface area contributed by atoms with Crippen LogP contribution in [0.2, 0.25) is 5.02 Å². The van der Waals surface area contributed by atoms with Gasteiger partial charge in [-0.3, -0.25) is 0 Å². The number of halogens is 3. The van der Waals surface area contributed by atoms with Gasteiger partial charge in [0.05, 0.1) is 17.3 Å². The molecule has 0 N–H and O–H groups in total. The van der Waals surface area contributed by atoms with Gasteiger partial charge in [0.25, 0.3) is 0 Å². The second kappa shape index (κ2) is 6.42. The van der Waals surface area contributed by atoms with Crippen LogP contribution in [0.5, 0.6) is 0 Å². The summed E-state index contributed by atoms with van der Waals surface area (Å²) in [5, 5.41) is 3.70. The Balaban J connectivity index is 2.25. The van der Waals surface area contributed by atoms with Crippen molar-refractivity contribution in [3.63, 3.8) is 0 Å². The van der Waals surface area contributed by atoms with Crippen LogP contribution in [0.1, 0.15) is 10.4 Å². The van der Waals surface area contributed by atoms with Crippen LogP contribution >= 0.6 is 54.8 Å². The van der Waals surface area contributed by atoms with Crippen LogP contribution in [0.25, 0.3) is 0 Å². The molecule has 0 saturated heterocycles. The monoisotopic (exact) mass is 407 g/mol. The van der Waals surface area contributed by atoms with Gasteiger partial charge in [0.15, 0.2) is 0 Å². The highest BCUT2D eigenvalue weighted by atomic mass is 79.9. The third-order valence-corrected chi connectivity index (χ3v) is 5.20.